The van der Waals surface area contributed by atoms with E-state index in [1.807, 2.05) is 0 Å². The number of hydrogen-bond acceptors (Lipinski definition) is 4. The van der Waals surface area contributed by atoms with Crippen molar-refractivity contribution in [3.63, 3.8) is 0 Å². The van der Waals surface area contributed by atoms with Crippen LogP contribution < -0.4 is 5.32 Å². The minimum atomic E-state index is -0.167. The van der Waals surface area contributed by atoms with Gasteiger partial charge in [0, 0.05) is 30.3 Å². The molecule has 0 radical (unpaired) electrons. The lowest BCUT2D eigenvalue weighted by molar-refractivity contribution is -0.149. The van der Waals surface area contributed by atoms with Gasteiger partial charge in [-0.25, -0.2) is 0 Å². The van der Waals surface area contributed by atoms with E-state index in [9.17, 15) is 14.4 Å². The van der Waals surface area contributed by atoms with E-state index in [0.717, 1.165) is 12.8 Å². The number of benzene rings is 1. The van der Waals surface area contributed by atoms with Gasteiger partial charge in [0.1, 0.15) is 0 Å². The lowest BCUT2D eigenvalue weighted by Crippen LogP contribution is -2.40. The molecule has 2 fully saturated rings. The summed E-state index contributed by atoms with van der Waals surface area (Å²) < 4.78 is 5.06. The molecular formula is C19H24N2O4. The molecule has 1 N–H and O–H groups in total. The summed E-state index contributed by atoms with van der Waals surface area (Å²) in [6.45, 7) is 3.27. The van der Waals surface area contributed by atoms with Crippen LogP contribution in [0.15, 0.2) is 24.3 Å². The maximum absolute atomic E-state index is 12.7. The lowest BCUT2D eigenvalue weighted by Gasteiger charge is -2.31. The Bertz CT molecular complexity index is 661. The maximum atomic E-state index is 12.7. The fraction of sp³-hybridized carbons (Fsp3) is 0.526. The van der Waals surface area contributed by atoms with Crippen molar-refractivity contribution in [1.82, 2.24) is 4.90 Å². The first-order valence-electron chi connectivity index (χ1n) is 8.95. The van der Waals surface area contributed by atoms with Gasteiger partial charge in [-0.15, -0.1) is 0 Å². The summed E-state index contributed by atoms with van der Waals surface area (Å²) in [6, 6.07) is 7.05. The Labute approximate surface area is 147 Å². The Hall–Kier alpha value is -2.37. The number of amides is 2. The molecule has 134 valence electrons. The van der Waals surface area contributed by atoms with Crippen molar-refractivity contribution in [2.24, 2.45) is 11.8 Å². The molecule has 2 aliphatic rings. The van der Waals surface area contributed by atoms with Gasteiger partial charge in [0.05, 0.1) is 12.5 Å². The predicted molar refractivity (Wildman–Crippen MR) is 93.1 cm³/mol. The first-order chi connectivity index (χ1) is 12.1. The van der Waals surface area contributed by atoms with E-state index in [0.29, 0.717) is 43.8 Å². The van der Waals surface area contributed by atoms with Crippen molar-refractivity contribution in [2.45, 2.75) is 32.6 Å². The van der Waals surface area contributed by atoms with Crippen molar-refractivity contribution < 1.29 is 19.1 Å². The normalized spacial score (nSPS) is 17.9. The van der Waals surface area contributed by atoms with Crippen LogP contribution in [0.4, 0.5) is 5.69 Å². The number of hydrogen-bond donors (Lipinski definition) is 1. The molecule has 0 spiro atoms. The SMILES string of the molecule is CCOC(=O)C1CCN(C(=O)c2cccc(NC(=O)C3CC3)c2)CC1. The van der Waals surface area contributed by atoms with E-state index in [2.05, 4.69) is 5.32 Å². The number of piperidine rings is 1. The molecule has 1 aliphatic carbocycles. The molecule has 1 aromatic carbocycles. The summed E-state index contributed by atoms with van der Waals surface area (Å²) in [5.41, 5.74) is 1.22. The highest BCUT2D eigenvalue weighted by molar-refractivity contribution is 5.98. The molecule has 6 heteroatoms. The zero-order chi connectivity index (χ0) is 17.8. The summed E-state index contributed by atoms with van der Waals surface area (Å²) in [7, 11) is 0. The molecule has 1 saturated heterocycles. The van der Waals surface area contributed by atoms with Crippen LogP contribution in [0.25, 0.3) is 0 Å². The molecule has 0 atom stereocenters. The number of esters is 1. The summed E-state index contributed by atoms with van der Waals surface area (Å²) >= 11 is 0. The highest BCUT2D eigenvalue weighted by Gasteiger charge is 2.30. The number of ether oxygens (including phenoxy) is 1. The van der Waals surface area contributed by atoms with Crippen molar-refractivity contribution in [2.75, 3.05) is 25.0 Å². The van der Waals surface area contributed by atoms with Crippen molar-refractivity contribution >= 4 is 23.5 Å². The van der Waals surface area contributed by atoms with Crippen LogP contribution in [0.5, 0.6) is 0 Å². The fourth-order valence-corrected chi connectivity index (χ4v) is 3.08. The molecule has 1 heterocycles. The molecule has 1 aliphatic heterocycles. The standard InChI is InChI=1S/C19H24N2O4/c1-2-25-19(24)14-8-10-21(11-9-14)18(23)15-4-3-5-16(12-15)20-17(22)13-6-7-13/h3-5,12-14H,2,6-11H2,1H3,(H,20,22). The maximum Gasteiger partial charge on any atom is 0.309 e. The summed E-state index contributed by atoms with van der Waals surface area (Å²) in [4.78, 5) is 38.1. The molecule has 25 heavy (non-hydrogen) atoms. The van der Waals surface area contributed by atoms with Gasteiger partial charge >= 0.3 is 5.97 Å². The summed E-state index contributed by atoms with van der Waals surface area (Å²) in [5, 5.41) is 2.87. The topological polar surface area (TPSA) is 75.7 Å². The molecule has 3 rings (SSSR count). The predicted octanol–water partition coefficient (Wildman–Crippen LogP) is 2.45. The monoisotopic (exact) mass is 344 g/mol. The Morgan fingerprint density at radius 1 is 1.12 bits per heavy atom. The third-order valence-electron chi connectivity index (χ3n) is 4.73. The van der Waals surface area contributed by atoms with Gasteiger partial charge in [-0.05, 0) is 50.8 Å². The van der Waals surface area contributed by atoms with Gasteiger partial charge in [0.25, 0.3) is 5.91 Å². The number of anilines is 1. The molecule has 0 bridgehead atoms. The number of carbonyl (C=O) groups is 3. The molecule has 6 nitrogen and oxygen atoms in total. The van der Waals surface area contributed by atoms with Crippen LogP contribution in [-0.2, 0) is 14.3 Å². The molecule has 2 amide bonds. The van der Waals surface area contributed by atoms with Crippen LogP contribution in [0.1, 0.15) is 43.0 Å². The van der Waals surface area contributed by atoms with Crippen LogP contribution >= 0.6 is 0 Å². The number of nitrogens with zero attached hydrogens (tertiary/aromatic N) is 1. The summed E-state index contributed by atoms with van der Waals surface area (Å²) in [5.74, 6) is -0.196. The molecule has 0 unspecified atom stereocenters. The minimum absolute atomic E-state index is 0.0276. The minimum Gasteiger partial charge on any atom is -0.466 e. The van der Waals surface area contributed by atoms with Crippen LogP contribution in [0.3, 0.4) is 0 Å². The molecular weight excluding hydrogens is 320 g/mol. The van der Waals surface area contributed by atoms with E-state index in [4.69, 9.17) is 4.74 Å². The second kappa shape index (κ2) is 7.68. The second-order valence-electron chi connectivity index (χ2n) is 6.66. The number of nitrogens with one attached hydrogen (secondary N) is 1. The third-order valence-corrected chi connectivity index (χ3v) is 4.73. The van der Waals surface area contributed by atoms with E-state index >= 15 is 0 Å². The lowest BCUT2D eigenvalue weighted by atomic mass is 9.96. The zero-order valence-corrected chi connectivity index (χ0v) is 14.5. The van der Waals surface area contributed by atoms with Gasteiger partial charge in [-0.3, -0.25) is 14.4 Å². The van der Waals surface area contributed by atoms with Gasteiger partial charge < -0.3 is 15.0 Å². The average molecular weight is 344 g/mol. The first kappa shape index (κ1) is 17.5. The quantitative estimate of drug-likeness (QED) is 0.833. The second-order valence-corrected chi connectivity index (χ2v) is 6.66. The van der Waals surface area contributed by atoms with E-state index < -0.39 is 0 Å². The van der Waals surface area contributed by atoms with Gasteiger partial charge in [0.2, 0.25) is 5.91 Å². The van der Waals surface area contributed by atoms with Crippen molar-refractivity contribution in [1.29, 1.82) is 0 Å². The van der Waals surface area contributed by atoms with E-state index in [1.54, 1.807) is 36.1 Å². The molecule has 0 aromatic heterocycles. The summed E-state index contributed by atoms with van der Waals surface area (Å²) in [6.07, 6.45) is 3.14. The Kier molecular flexibility index (Phi) is 5.36. The van der Waals surface area contributed by atoms with E-state index in [-0.39, 0.29) is 29.6 Å². The van der Waals surface area contributed by atoms with Crippen LogP contribution in [0.2, 0.25) is 0 Å². The average Bonchev–Trinajstić information content (AvgIpc) is 3.47. The molecule has 1 saturated carbocycles. The van der Waals surface area contributed by atoms with Gasteiger partial charge in [-0.1, -0.05) is 6.07 Å². The van der Waals surface area contributed by atoms with Crippen molar-refractivity contribution in [3.05, 3.63) is 29.8 Å². The van der Waals surface area contributed by atoms with Gasteiger partial charge in [0.15, 0.2) is 0 Å². The van der Waals surface area contributed by atoms with Crippen LogP contribution in [-0.4, -0.2) is 42.4 Å². The number of rotatable bonds is 5. The van der Waals surface area contributed by atoms with Crippen molar-refractivity contribution in [3.8, 4) is 0 Å². The van der Waals surface area contributed by atoms with Gasteiger partial charge in [-0.2, -0.15) is 0 Å². The Morgan fingerprint density at radius 2 is 1.84 bits per heavy atom. The van der Waals surface area contributed by atoms with E-state index in [1.165, 1.54) is 0 Å². The highest BCUT2D eigenvalue weighted by atomic mass is 16.5. The third kappa shape index (κ3) is 4.38. The van der Waals surface area contributed by atoms with Crippen LogP contribution in [0, 0.1) is 11.8 Å². The number of likely N-dealkylation sites (tertiary alicyclic amines) is 1. The smallest absolute Gasteiger partial charge is 0.309 e. The number of carbonyl (C=O) groups excluding carboxylic acids is 3. The first-order valence-corrected chi connectivity index (χ1v) is 8.95. The highest BCUT2D eigenvalue weighted by Crippen LogP contribution is 2.30. The zero-order valence-electron chi connectivity index (χ0n) is 14.5. The largest absolute Gasteiger partial charge is 0.466 e. The fourth-order valence-electron chi connectivity index (χ4n) is 3.08. The molecule has 1 aromatic rings. The Balaban J connectivity index is 1.58. The Morgan fingerprint density at radius 3 is 2.48 bits per heavy atom.